The molecule has 2 heterocycles. The molecule has 0 spiro atoms. The van der Waals surface area contributed by atoms with E-state index in [1.807, 2.05) is 30.3 Å². The molecule has 0 unspecified atom stereocenters. The van der Waals surface area contributed by atoms with Crippen LogP contribution in [0.5, 0.6) is 0 Å². The van der Waals surface area contributed by atoms with Crippen molar-refractivity contribution >= 4 is 44.1 Å². The molecule has 0 saturated carbocycles. The second-order valence-corrected chi connectivity index (χ2v) is 12.4. The van der Waals surface area contributed by atoms with Crippen molar-refractivity contribution in [3.63, 3.8) is 0 Å². The summed E-state index contributed by atoms with van der Waals surface area (Å²) in [5.41, 5.74) is 7.02. The summed E-state index contributed by atoms with van der Waals surface area (Å²) in [6.07, 6.45) is 0.641. The third-order valence-electron chi connectivity index (χ3n) is 6.70. The Balaban J connectivity index is 1.55. The predicted octanol–water partition coefficient (Wildman–Crippen LogP) is 3.37. The maximum absolute atomic E-state index is 13.3. The maximum atomic E-state index is 13.3. The van der Waals surface area contributed by atoms with Crippen LogP contribution in [-0.4, -0.2) is 55.0 Å². The Labute approximate surface area is 238 Å². The van der Waals surface area contributed by atoms with Gasteiger partial charge in [-0.05, 0) is 48.4 Å². The van der Waals surface area contributed by atoms with Gasteiger partial charge in [0.15, 0.2) is 0 Å². The summed E-state index contributed by atoms with van der Waals surface area (Å²) in [5.74, 6) is -1.40. The fourth-order valence-corrected chi connectivity index (χ4v) is 7.24. The van der Waals surface area contributed by atoms with E-state index in [1.165, 1.54) is 46.8 Å². The Morgan fingerprint density at radius 1 is 0.975 bits per heavy atom. The smallest absolute Gasteiger partial charge is 0.272 e. The van der Waals surface area contributed by atoms with Crippen LogP contribution in [0.1, 0.15) is 57.5 Å². The molecular formula is C28H33N5O5S2. The minimum absolute atomic E-state index is 0.0865. The van der Waals surface area contributed by atoms with Gasteiger partial charge in [0.2, 0.25) is 15.9 Å². The topological polar surface area (TPSA) is 128 Å². The molecule has 0 atom stereocenters. The number of rotatable bonds is 9. The van der Waals surface area contributed by atoms with E-state index in [1.54, 1.807) is 6.92 Å². The third-order valence-corrected chi connectivity index (χ3v) is 9.77. The lowest BCUT2D eigenvalue weighted by Crippen LogP contribution is -2.41. The number of nitrogens with zero attached hydrogens (tertiary/aromatic N) is 2. The average Bonchev–Trinajstić information content (AvgIpc) is 3.31. The summed E-state index contributed by atoms with van der Waals surface area (Å²) in [6.45, 7) is 7.97. The molecule has 0 saturated heterocycles. The summed E-state index contributed by atoms with van der Waals surface area (Å²) in [5, 5.41) is 3.22. The highest BCUT2D eigenvalue weighted by Crippen LogP contribution is 2.37. The summed E-state index contributed by atoms with van der Waals surface area (Å²) >= 11 is 1.33. The Morgan fingerprint density at radius 2 is 1.68 bits per heavy atom. The molecule has 2 aromatic carbocycles. The Bertz CT molecular complexity index is 1490. The number of hydrogen-bond acceptors (Lipinski definition) is 7. The van der Waals surface area contributed by atoms with Crippen molar-refractivity contribution in [2.24, 2.45) is 0 Å². The summed E-state index contributed by atoms with van der Waals surface area (Å²) in [4.78, 5) is 40.9. The number of hydrogen-bond donors (Lipinski definition) is 3. The van der Waals surface area contributed by atoms with Crippen molar-refractivity contribution in [3.8, 4) is 0 Å². The van der Waals surface area contributed by atoms with Crippen molar-refractivity contribution in [1.82, 2.24) is 20.1 Å². The summed E-state index contributed by atoms with van der Waals surface area (Å²) < 4.78 is 27.9. The van der Waals surface area contributed by atoms with E-state index < -0.39 is 27.7 Å². The molecule has 12 heteroatoms. The zero-order valence-corrected chi connectivity index (χ0v) is 24.3. The fourth-order valence-electron chi connectivity index (χ4n) is 4.52. The van der Waals surface area contributed by atoms with Gasteiger partial charge < -0.3 is 5.32 Å². The van der Waals surface area contributed by atoms with E-state index in [2.05, 4.69) is 28.0 Å². The molecule has 40 heavy (non-hydrogen) atoms. The van der Waals surface area contributed by atoms with E-state index in [0.29, 0.717) is 30.1 Å². The zero-order valence-electron chi connectivity index (χ0n) is 22.7. The van der Waals surface area contributed by atoms with Crippen LogP contribution in [0.15, 0.2) is 59.5 Å². The highest BCUT2D eigenvalue weighted by atomic mass is 32.2. The number of benzene rings is 2. The molecule has 1 aliphatic rings. The molecule has 0 fully saturated rings. The van der Waals surface area contributed by atoms with E-state index in [-0.39, 0.29) is 17.0 Å². The third kappa shape index (κ3) is 6.58. The number of amides is 3. The van der Waals surface area contributed by atoms with Crippen molar-refractivity contribution in [3.05, 3.63) is 81.7 Å². The minimum atomic E-state index is -3.78. The van der Waals surface area contributed by atoms with Crippen LogP contribution in [0.25, 0.3) is 0 Å². The number of thiophene rings is 1. The number of carbonyl (C=O) groups excluding carboxylic acids is 3. The second kappa shape index (κ2) is 12.7. The minimum Gasteiger partial charge on any atom is -0.313 e. The molecule has 3 amide bonds. The fraction of sp³-hybridized carbons (Fsp3) is 0.321. The first-order chi connectivity index (χ1) is 19.1. The van der Waals surface area contributed by atoms with E-state index in [9.17, 15) is 22.8 Å². The molecule has 3 aromatic rings. The highest BCUT2D eigenvalue weighted by Gasteiger charge is 2.29. The van der Waals surface area contributed by atoms with Crippen LogP contribution in [0.2, 0.25) is 0 Å². The normalized spacial score (nSPS) is 13.5. The molecule has 3 N–H and O–H groups in total. The van der Waals surface area contributed by atoms with Gasteiger partial charge in [-0.2, -0.15) is 4.31 Å². The highest BCUT2D eigenvalue weighted by molar-refractivity contribution is 7.89. The van der Waals surface area contributed by atoms with Gasteiger partial charge in [-0.3, -0.25) is 30.1 Å². The van der Waals surface area contributed by atoms with Crippen molar-refractivity contribution in [2.75, 3.05) is 25.0 Å². The standard InChI is InChI=1S/C28H33N5O5S2/c1-4-32-16-15-23-24(18-32)39-28(25(23)27(36)31-30-19(3)34)29-26(35)21-11-13-22(14-12-21)40(37,38)33(5-2)17-20-9-7-6-8-10-20/h6-14H,4-5,15-18H2,1-3H3,(H,29,35)(H,30,34)(H,31,36). The first kappa shape index (κ1) is 29.4. The van der Waals surface area contributed by atoms with Gasteiger partial charge in [0.05, 0.1) is 10.5 Å². The lowest BCUT2D eigenvalue weighted by atomic mass is 10.0. The zero-order chi connectivity index (χ0) is 28.9. The van der Waals surface area contributed by atoms with Gasteiger partial charge >= 0.3 is 0 Å². The first-order valence-corrected chi connectivity index (χ1v) is 15.3. The van der Waals surface area contributed by atoms with Crippen LogP contribution in [-0.2, 0) is 34.3 Å². The van der Waals surface area contributed by atoms with Crippen LogP contribution in [0.3, 0.4) is 0 Å². The average molecular weight is 584 g/mol. The van der Waals surface area contributed by atoms with E-state index in [0.717, 1.165) is 29.1 Å². The van der Waals surface area contributed by atoms with Gasteiger partial charge in [-0.15, -0.1) is 11.3 Å². The molecule has 1 aliphatic heterocycles. The Kier molecular flexibility index (Phi) is 9.36. The quantitative estimate of drug-likeness (QED) is 0.332. The van der Waals surface area contributed by atoms with Gasteiger partial charge in [0, 0.05) is 43.5 Å². The van der Waals surface area contributed by atoms with Crippen molar-refractivity contribution in [1.29, 1.82) is 0 Å². The molecule has 0 aliphatic carbocycles. The Morgan fingerprint density at radius 3 is 2.30 bits per heavy atom. The number of hydrazine groups is 1. The van der Waals surface area contributed by atoms with E-state index in [4.69, 9.17) is 0 Å². The van der Waals surface area contributed by atoms with Crippen LogP contribution in [0.4, 0.5) is 5.00 Å². The van der Waals surface area contributed by atoms with Crippen LogP contribution in [0, 0.1) is 0 Å². The molecule has 0 bridgehead atoms. The maximum Gasteiger partial charge on any atom is 0.272 e. The number of carbonyl (C=O) groups is 3. The monoisotopic (exact) mass is 583 g/mol. The number of likely N-dealkylation sites (N-methyl/N-ethyl adjacent to an activating group) is 1. The second-order valence-electron chi connectivity index (χ2n) is 9.36. The SMILES string of the molecule is CCN1CCc2c(sc(NC(=O)c3ccc(S(=O)(=O)N(CC)Cc4ccccc4)cc3)c2C(=O)NNC(C)=O)C1. The van der Waals surface area contributed by atoms with Gasteiger partial charge in [-0.1, -0.05) is 44.2 Å². The van der Waals surface area contributed by atoms with Crippen LogP contribution < -0.4 is 16.2 Å². The number of anilines is 1. The number of nitrogens with one attached hydrogen (secondary N) is 3. The largest absolute Gasteiger partial charge is 0.313 e. The van der Waals surface area contributed by atoms with Crippen molar-refractivity contribution < 1.29 is 22.8 Å². The summed E-state index contributed by atoms with van der Waals surface area (Å²) in [6, 6.07) is 15.1. The molecular weight excluding hydrogens is 550 g/mol. The molecule has 1 aromatic heterocycles. The lowest BCUT2D eigenvalue weighted by molar-refractivity contribution is -0.119. The van der Waals surface area contributed by atoms with Gasteiger partial charge in [-0.25, -0.2) is 8.42 Å². The molecule has 0 radical (unpaired) electrons. The Hall–Kier alpha value is -3.58. The van der Waals surface area contributed by atoms with E-state index >= 15 is 0 Å². The summed E-state index contributed by atoms with van der Waals surface area (Å²) in [7, 11) is -3.78. The lowest BCUT2D eigenvalue weighted by Gasteiger charge is -2.25. The van der Waals surface area contributed by atoms with Gasteiger partial charge in [0.1, 0.15) is 5.00 Å². The van der Waals surface area contributed by atoms with Gasteiger partial charge in [0.25, 0.3) is 11.8 Å². The van der Waals surface area contributed by atoms with Crippen molar-refractivity contribution in [2.45, 2.75) is 45.2 Å². The molecule has 4 rings (SSSR count). The number of fused-ring (bicyclic) bond motifs is 1. The first-order valence-electron chi connectivity index (χ1n) is 13.0. The number of sulfonamides is 1. The predicted molar refractivity (Wildman–Crippen MR) is 154 cm³/mol. The molecule has 212 valence electrons. The molecule has 10 nitrogen and oxygen atoms in total. The van der Waals surface area contributed by atoms with Crippen LogP contribution >= 0.6 is 11.3 Å².